The van der Waals surface area contributed by atoms with Crippen molar-refractivity contribution in [3.8, 4) is 5.75 Å². The van der Waals surface area contributed by atoms with Crippen molar-refractivity contribution in [2.75, 3.05) is 26.0 Å². The number of amides is 1. The van der Waals surface area contributed by atoms with Crippen LogP contribution in [-0.2, 0) is 14.8 Å². The zero-order valence-corrected chi connectivity index (χ0v) is 15.4. The second kappa shape index (κ2) is 7.98. The Hall–Kier alpha value is -2.23. The Balaban J connectivity index is 2.20. The quantitative estimate of drug-likeness (QED) is 0.803. The van der Waals surface area contributed by atoms with Crippen LogP contribution >= 0.6 is 11.6 Å². The summed E-state index contributed by atoms with van der Waals surface area (Å²) >= 11 is 5.83. The van der Waals surface area contributed by atoms with Gasteiger partial charge in [0.05, 0.1) is 19.3 Å². The number of methoxy groups -OCH3 is 1. The molecule has 2 aromatic carbocycles. The van der Waals surface area contributed by atoms with Crippen molar-refractivity contribution in [1.82, 2.24) is 4.31 Å². The van der Waals surface area contributed by atoms with E-state index < -0.39 is 34.1 Å². The van der Waals surface area contributed by atoms with Crippen molar-refractivity contribution in [3.63, 3.8) is 0 Å². The minimum absolute atomic E-state index is 0.0535. The lowest BCUT2D eigenvalue weighted by molar-refractivity contribution is -0.116. The van der Waals surface area contributed by atoms with Gasteiger partial charge < -0.3 is 10.1 Å². The summed E-state index contributed by atoms with van der Waals surface area (Å²) in [6, 6.07) is 6.57. The number of rotatable bonds is 6. The molecule has 10 heteroatoms. The zero-order chi connectivity index (χ0) is 19.5. The molecule has 0 spiro atoms. The van der Waals surface area contributed by atoms with Crippen LogP contribution < -0.4 is 10.1 Å². The molecule has 0 unspecified atom stereocenters. The SMILES string of the molecule is COc1ccc(Cl)cc1S(=O)(=O)N(C)CC(=O)Nc1cc(F)ccc1F. The van der Waals surface area contributed by atoms with Gasteiger partial charge in [0.15, 0.2) is 0 Å². The molecular weight excluding hydrogens is 390 g/mol. The summed E-state index contributed by atoms with van der Waals surface area (Å²) in [4.78, 5) is 11.8. The lowest BCUT2D eigenvalue weighted by atomic mass is 10.3. The first-order chi connectivity index (χ1) is 12.1. The molecule has 2 rings (SSSR count). The largest absolute Gasteiger partial charge is 0.495 e. The highest BCUT2D eigenvalue weighted by Crippen LogP contribution is 2.29. The molecule has 0 radical (unpaired) electrons. The van der Waals surface area contributed by atoms with Gasteiger partial charge in [0.2, 0.25) is 15.9 Å². The summed E-state index contributed by atoms with van der Waals surface area (Å²) in [5.41, 5.74) is -0.388. The van der Waals surface area contributed by atoms with Crippen LogP contribution in [0.1, 0.15) is 0 Å². The predicted molar refractivity (Wildman–Crippen MR) is 92.8 cm³/mol. The maximum atomic E-state index is 13.6. The summed E-state index contributed by atoms with van der Waals surface area (Å²) < 4.78 is 57.8. The van der Waals surface area contributed by atoms with Crippen LogP contribution in [0.2, 0.25) is 5.02 Å². The van der Waals surface area contributed by atoms with E-state index in [4.69, 9.17) is 16.3 Å². The van der Waals surface area contributed by atoms with Gasteiger partial charge in [-0.25, -0.2) is 17.2 Å². The van der Waals surface area contributed by atoms with Gasteiger partial charge in [-0.15, -0.1) is 0 Å². The second-order valence-electron chi connectivity index (χ2n) is 5.23. The monoisotopic (exact) mass is 404 g/mol. The summed E-state index contributed by atoms with van der Waals surface area (Å²) in [5.74, 6) is -2.38. The second-order valence-corrected chi connectivity index (χ2v) is 7.68. The average molecular weight is 405 g/mol. The molecule has 0 saturated carbocycles. The minimum atomic E-state index is -4.11. The number of hydrogen-bond acceptors (Lipinski definition) is 4. The molecule has 0 bridgehead atoms. The van der Waals surface area contributed by atoms with Gasteiger partial charge in [0.1, 0.15) is 22.3 Å². The fourth-order valence-corrected chi connectivity index (χ4v) is 3.63. The van der Waals surface area contributed by atoms with Crippen LogP contribution in [0.3, 0.4) is 0 Å². The third-order valence-electron chi connectivity index (χ3n) is 3.38. The number of carbonyl (C=O) groups is 1. The van der Waals surface area contributed by atoms with Crippen molar-refractivity contribution < 1.29 is 26.7 Å². The fraction of sp³-hybridized carbons (Fsp3) is 0.188. The predicted octanol–water partition coefficient (Wildman–Crippen LogP) is 2.89. The summed E-state index contributed by atoms with van der Waals surface area (Å²) in [6.07, 6.45) is 0. The Bertz CT molecular complexity index is 938. The van der Waals surface area contributed by atoms with Crippen LogP contribution in [0.25, 0.3) is 0 Å². The van der Waals surface area contributed by atoms with Crippen molar-refractivity contribution in [2.45, 2.75) is 4.90 Å². The van der Waals surface area contributed by atoms with Gasteiger partial charge in [-0.3, -0.25) is 4.79 Å². The number of ether oxygens (including phenoxy) is 1. The van der Waals surface area contributed by atoms with Gasteiger partial charge in [-0.05, 0) is 30.3 Å². The number of nitrogens with zero attached hydrogens (tertiary/aromatic N) is 1. The standard InChI is InChI=1S/C16H15ClF2N2O4S/c1-21(9-16(22)20-13-8-11(18)4-5-12(13)19)26(23,24)15-7-10(17)3-6-14(15)25-2/h3-8H,9H2,1-2H3,(H,20,22). The molecule has 26 heavy (non-hydrogen) atoms. The van der Waals surface area contributed by atoms with Crippen molar-refractivity contribution in [2.24, 2.45) is 0 Å². The third-order valence-corrected chi connectivity index (χ3v) is 5.44. The van der Waals surface area contributed by atoms with E-state index in [1.807, 2.05) is 0 Å². The maximum Gasteiger partial charge on any atom is 0.247 e. The molecule has 0 aliphatic heterocycles. The van der Waals surface area contributed by atoms with Gasteiger partial charge in [0.25, 0.3) is 0 Å². The number of carbonyl (C=O) groups excluding carboxylic acids is 1. The van der Waals surface area contributed by atoms with Crippen molar-refractivity contribution in [1.29, 1.82) is 0 Å². The highest BCUT2D eigenvalue weighted by Gasteiger charge is 2.27. The highest BCUT2D eigenvalue weighted by molar-refractivity contribution is 7.89. The Labute approximate surface area is 154 Å². The molecule has 0 heterocycles. The van der Waals surface area contributed by atoms with E-state index in [0.717, 1.165) is 29.6 Å². The molecule has 0 fully saturated rings. The van der Waals surface area contributed by atoms with Crippen LogP contribution in [0.4, 0.5) is 14.5 Å². The Morgan fingerprint density at radius 3 is 2.58 bits per heavy atom. The molecule has 1 amide bonds. The molecule has 0 aromatic heterocycles. The number of anilines is 1. The molecule has 2 aromatic rings. The fourth-order valence-electron chi connectivity index (χ4n) is 2.09. The Morgan fingerprint density at radius 2 is 1.92 bits per heavy atom. The van der Waals surface area contributed by atoms with E-state index in [0.29, 0.717) is 0 Å². The lowest BCUT2D eigenvalue weighted by Gasteiger charge is -2.18. The van der Waals surface area contributed by atoms with E-state index in [1.165, 1.54) is 25.3 Å². The van der Waals surface area contributed by atoms with Gasteiger partial charge in [-0.2, -0.15) is 4.31 Å². The molecular formula is C16H15ClF2N2O4S. The smallest absolute Gasteiger partial charge is 0.247 e. The first-order valence-electron chi connectivity index (χ1n) is 7.20. The lowest BCUT2D eigenvalue weighted by Crippen LogP contribution is -2.35. The molecule has 140 valence electrons. The summed E-state index contributed by atoms with van der Waals surface area (Å²) in [5, 5.41) is 2.30. The van der Waals surface area contributed by atoms with Gasteiger partial charge in [0, 0.05) is 18.1 Å². The van der Waals surface area contributed by atoms with Crippen molar-refractivity contribution >= 4 is 33.2 Å². The highest BCUT2D eigenvalue weighted by atomic mass is 35.5. The number of sulfonamides is 1. The van der Waals surface area contributed by atoms with Crippen LogP contribution in [-0.4, -0.2) is 39.3 Å². The summed E-state index contributed by atoms with van der Waals surface area (Å²) in [7, 11) is -1.66. The molecule has 0 aliphatic carbocycles. The molecule has 6 nitrogen and oxygen atoms in total. The summed E-state index contributed by atoms with van der Waals surface area (Å²) in [6.45, 7) is -0.631. The Kier molecular flexibility index (Phi) is 6.17. The first kappa shape index (κ1) is 20.1. The van der Waals surface area contributed by atoms with E-state index in [2.05, 4.69) is 5.32 Å². The molecule has 0 aliphatic rings. The molecule has 0 saturated heterocycles. The minimum Gasteiger partial charge on any atom is -0.495 e. The molecule has 1 N–H and O–H groups in total. The van der Waals surface area contributed by atoms with E-state index in [-0.39, 0.29) is 21.4 Å². The van der Waals surface area contributed by atoms with Gasteiger partial charge in [-0.1, -0.05) is 11.6 Å². The third kappa shape index (κ3) is 4.48. The number of likely N-dealkylation sites (N-methyl/N-ethyl adjacent to an activating group) is 1. The number of hydrogen-bond donors (Lipinski definition) is 1. The van der Waals surface area contributed by atoms with Crippen LogP contribution in [0, 0.1) is 11.6 Å². The molecule has 0 atom stereocenters. The van der Waals surface area contributed by atoms with Crippen LogP contribution in [0.5, 0.6) is 5.75 Å². The van der Waals surface area contributed by atoms with Crippen molar-refractivity contribution in [3.05, 3.63) is 53.1 Å². The zero-order valence-electron chi connectivity index (χ0n) is 13.8. The van der Waals surface area contributed by atoms with E-state index in [1.54, 1.807) is 0 Å². The number of benzene rings is 2. The normalized spacial score (nSPS) is 11.5. The van der Waals surface area contributed by atoms with Crippen LogP contribution in [0.15, 0.2) is 41.3 Å². The maximum absolute atomic E-state index is 13.6. The first-order valence-corrected chi connectivity index (χ1v) is 9.01. The van der Waals surface area contributed by atoms with Gasteiger partial charge >= 0.3 is 0 Å². The number of halogens is 3. The Morgan fingerprint density at radius 1 is 1.23 bits per heavy atom. The van der Waals surface area contributed by atoms with E-state index >= 15 is 0 Å². The number of nitrogens with one attached hydrogen (secondary N) is 1. The topological polar surface area (TPSA) is 75.7 Å². The van der Waals surface area contributed by atoms with E-state index in [9.17, 15) is 22.0 Å². The average Bonchev–Trinajstić information content (AvgIpc) is 2.58.